The average Bonchev–Trinajstić information content (AvgIpc) is 2.86. The van der Waals surface area contributed by atoms with Gasteiger partial charge in [-0.15, -0.1) is 0 Å². The quantitative estimate of drug-likeness (QED) is 0.367. The number of carboxylic acids is 1. The zero-order chi connectivity index (χ0) is 27.8. The Bertz CT molecular complexity index is 1310. The Labute approximate surface area is 234 Å². The molecule has 0 spiro atoms. The molecule has 2 fully saturated rings. The topological polar surface area (TPSA) is 93.1 Å². The number of carbonyl (C=O) groups is 1. The molecule has 206 valence electrons. The van der Waals surface area contributed by atoms with Crippen molar-refractivity contribution in [1.82, 2.24) is 4.31 Å². The molecular formula is C29H36BrNO6S. The van der Waals surface area contributed by atoms with E-state index < -0.39 is 22.6 Å². The molecule has 38 heavy (non-hydrogen) atoms. The Hall–Kier alpha value is -2.20. The van der Waals surface area contributed by atoms with Gasteiger partial charge in [0.15, 0.2) is 6.61 Å². The Balaban J connectivity index is 1.63. The summed E-state index contributed by atoms with van der Waals surface area (Å²) in [5, 5.41) is 9.28. The zero-order valence-corrected chi connectivity index (χ0v) is 24.7. The summed E-state index contributed by atoms with van der Waals surface area (Å²) in [4.78, 5) is 11.6. The third-order valence-electron chi connectivity index (χ3n) is 7.63. The van der Waals surface area contributed by atoms with Crippen LogP contribution in [0.5, 0.6) is 5.75 Å². The molecule has 1 N–H and O–H groups in total. The lowest BCUT2D eigenvalue weighted by Gasteiger charge is -2.47. The Morgan fingerprint density at radius 3 is 2.55 bits per heavy atom. The third kappa shape index (κ3) is 6.01. The predicted octanol–water partition coefficient (Wildman–Crippen LogP) is 6.08. The number of piperidine rings is 1. The van der Waals surface area contributed by atoms with Gasteiger partial charge in [0.2, 0.25) is 10.0 Å². The molecule has 0 aromatic heterocycles. The molecule has 2 aliphatic heterocycles. The van der Waals surface area contributed by atoms with Crippen LogP contribution in [0.4, 0.5) is 0 Å². The molecule has 2 saturated heterocycles. The van der Waals surface area contributed by atoms with Crippen LogP contribution in [0.1, 0.15) is 62.3 Å². The number of fused-ring (bicyclic) bond motifs is 1. The van der Waals surface area contributed by atoms with Gasteiger partial charge in [0, 0.05) is 29.0 Å². The van der Waals surface area contributed by atoms with Gasteiger partial charge >= 0.3 is 5.97 Å². The smallest absolute Gasteiger partial charge is 0.341 e. The summed E-state index contributed by atoms with van der Waals surface area (Å²) in [6.07, 6.45) is 0.826. The fourth-order valence-electron chi connectivity index (χ4n) is 5.57. The normalized spacial score (nSPS) is 24.2. The third-order valence-corrected chi connectivity index (χ3v) is 10.0. The average molecular weight is 607 g/mol. The van der Waals surface area contributed by atoms with Crippen molar-refractivity contribution in [3.05, 3.63) is 69.7 Å². The maximum absolute atomic E-state index is 13.4. The van der Waals surface area contributed by atoms with Crippen molar-refractivity contribution in [3.8, 4) is 5.75 Å². The Kier molecular flexibility index (Phi) is 8.71. The SMILES string of the molecule is C=C(C)[C@H]1C[C@@H]2CN(S(=O)(=O)c3ccc(Br)cc3)CC[C@@H]2O[C@@H]1c1c(C)cc(C(C)C)cc1OCC(=O)O. The van der Waals surface area contributed by atoms with E-state index in [9.17, 15) is 18.3 Å². The van der Waals surface area contributed by atoms with Crippen LogP contribution in [-0.4, -0.2) is 49.6 Å². The van der Waals surface area contributed by atoms with Crippen molar-refractivity contribution in [2.45, 2.75) is 63.6 Å². The molecule has 0 aliphatic carbocycles. The van der Waals surface area contributed by atoms with E-state index in [1.165, 1.54) is 0 Å². The number of carboxylic acid groups (broad SMARTS) is 1. The number of hydrogen-bond acceptors (Lipinski definition) is 5. The van der Waals surface area contributed by atoms with Crippen molar-refractivity contribution in [1.29, 1.82) is 0 Å². The lowest BCUT2D eigenvalue weighted by molar-refractivity contribution is -0.139. The Morgan fingerprint density at radius 2 is 1.95 bits per heavy atom. The van der Waals surface area contributed by atoms with Crippen LogP contribution in [0.15, 0.2) is 57.9 Å². The van der Waals surface area contributed by atoms with Crippen molar-refractivity contribution < 1.29 is 27.8 Å². The zero-order valence-electron chi connectivity index (χ0n) is 22.3. The molecule has 0 bridgehead atoms. The first-order valence-electron chi connectivity index (χ1n) is 12.9. The molecule has 2 aromatic rings. The Morgan fingerprint density at radius 1 is 1.26 bits per heavy atom. The first kappa shape index (κ1) is 28.8. The number of halogens is 1. The molecule has 0 amide bonds. The van der Waals surface area contributed by atoms with Crippen molar-refractivity contribution in [3.63, 3.8) is 0 Å². The molecule has 9 heteroatoms. The minimum atomic E-state index is -3.62. The lowest BCUT2D eigenvalue weighted by atomic mass is 9.75. The van der Waals surface area contributed by atoms with E-state index in [-0.39, 0.29) is 34.9 Å². The van der Waals surface area contributed by atoms with Crippen LogP contribution in [-0.2, 0) is 19.6 Å². The van der Waals surface area contributed by atoms with Crippen LogP contribution in [0.25, 0.3) is 0 Å². The van der Waals surface area contributed by atoms with Crippen molar-refractivity contribution >= 4 is 31.9 Å². The summed E-state index contributed by atoms with van der Waals surface area (Å²) in [6, 6.07) is 10.8. The van der Waals surface area contributed by atoms with Crippen molar-refractivity contribution in [2.24, 2.45) is 11.8 Å². The number of hydrogen-bond donors (Lipinski definition) is 1. The van der Waals surface area contributed by atoms with Crippen LogP contribution < -0.4 is 4.74 Å². The second kappa shape index (κ2) is 11.5. The number of aryl methyl sites for hydroxylation is 1. The molecule has 4 atom stereocenters. The molecule has 2 aliphatic rings. The van der Waals surface area contributed by atoms with Crippen LogP contribution in [0.2, 0.25) is 0 Å². The van der Waals surface area contributed by atoms with Gasteiger partial charge in [-0.2, -0.15) is 4.31 Å². The molecular weight excluding hydrogens is 570 g/mol. The number of ether oxygens (including phenoxy) is 2. The van der Waals surface area contributed by atoms with E-state index in [1.807, 2.05) is 19.9 Å². The number of aliphatic carboxylic acids is 1. The predicted molar refractivity (Wildman–Crippen MR) is 150 cm³/mol. The molecule has 2 heterocycles. The summed E-state index contributed by atoms with van der Waals surface area (Å²) >= 11 is 3.37. The maximum atomic E-state index is 13.4. The summed E-state index contributed by atoms with van der Waals surface area (Å²) < 4.78 is 41.7. The number of nitrogens with zero attached hydrogens (tertiary/aromatic N) is 1. The van der Waals surface area contributed by atoms with Gasteiger partial charge in [-0.05, 0) is 80.0 Å². The minimum Gasteiger partial charge on any atom is -0.482 e. The fraction of sp³-hybridized carbons (Fsp3) is 0.483. The van der Waals surface area contributed by atoms with Gasteiger partial charge in [-0.1, -0.05) is 48.0 Å². The number of sulfonamides is 1. The molecule has 7 nitrogen and oxygen atoms in total. The van der Waals surface area contributed by atoms with Gasteiger partial charge in [-0.3, -0.25) is 0 Å². The highest BCUT2D eigenvalue weighted by Crippen LogP contribution is 2.48. The van der Waals surface area contributed by atoms with Crippen LogP contribution >= 0.6 is 15.9 Å². The summed E-state index contributed by atoms with van der Waals surface area (Å²) in [5.41, 5.74) is 3.85. The number of rotatable bonds is 8. The van der Waals surface area contributed by atoms with E-state index in [1.54, 1.807) is 28.6 Å². The molecule has 2 aromatic carbocycles. The molecule has 0 saturated carbocycles. The van der Waals surface area contributed by atoms with E-state index in [2.05, 4.69) is 42.4 Å². The van der Waals surface area contributed by atoms with E-state index in [0.29, 0.717) is 25.3 Å². The monoisotopic (exact) mass is 605 g/mol. The highest BCUT2D eigenvalue weighted by atomic mass is 79.9. The van der Waals surface area contributed by atoms with E-state index in [4.69, 9.17) is 9.47 Å². The minimum absolute atomic E-state index is 0.0190. The summed E-state index contributed by atoms with van der Waals surface area (Å²) in [5.74, 6) is -0.307. The van der Waals surface area contributed by atoms with Gasteiger partial charge in [0.25, 0.3) is 0 Å². The first-order chi connectivity index (χ1) is 17.9. The van der Waals surface area contributed by atoms with Gasteiger partial charge in [0.1, 0.15) is 5.75 Å². The van der Waals surface area contributed by atoms with Crippen molar-refractivity contribution in [2.75, 3.05) is 19.7 Å². The standard InChI is InChI=1S/C29H36BrNO6S/c1-17(2)20-12-19(5)28(26(14-20)36-16-27(32)33)29-24(18(3)4)13-21-15-31(11-10-25(21)37-29)38(34,35)23-8-6-22(30)7-9-23/h6-9,12,14,17,21,24-25,29H,3,10-11,13,15-16H2,1-2,4-5H3,(H,32,33)/t21-,24-,25+,29+/m1/s1. The largest absolute Gasteiger partial charge is 0.482 e. The van der Waals surface area contributed by atoms with E-state index in [0.717, 1.165) is 33.2 Å². The second-order valence-corrected chi connectivity index (χ2v) is 13.6. The molecule has 4 rings (SSSR count). The second-order valence-electron chi connectivity index (χ2n) is 10.7. The van der Waals surface area contributed by atoms with Crippen LogP contribution in [0.3, 0.4) is 0 Å². The van der Waals surface area contributed by atoms with Crippen LogP contribution in [0, 0.1) is 18.8 Å². The molecule has 0 unspecified atom stereocenters. The summed E-state index contributed by atoms with van der Waals surface area (Å²) in [6.45, 7) is 12.7. The van der Waals surface area contributed by atoms with E-state index >= 15 is 0 Å². The van der Waals surface area contributed by atoms with Gasteiger partial charge in [-0.25, -0.2) is 13.2 Å². The fourth-order valence-corrected chi connectivity index (χ4v) is 7.34. The summed E-state index contributed by atoms with van der Waals surface area (Å²) in [7, 11) is -3.62. The van der Waals surface area contributed by atoms with Gasteiger partial charge in [0.05, 0.1) is 17.1 Å². The van der Waals surface area contributed by atoms with Gasteiger partial charge < -0.3 is 14.6 Å². The maximum Gasteiger partial charge on any atom is 0.341 e. The first-order valence-corrected chi connectivity index (χ1v) is 15.2. The highest BCUT2D eigenvalue weighted by Gasteiger charge is 2.45. The number of benzene rings is 2. The highest BCUT2D eigenvalue weighted by molar-refractivity contribution is 9.10. The molecule has 0 radical (unpaired) electrons. The lowest BCUT2D eigenvalue weighted by Crippen LogP contribution is -2.50.